The van der Waals surface area contributed by atoms with Crippen LogP contribution in [-0.2, 0) is 16.6 Å². The fourth-order valence-electron chi connectivity index (χ4n) is 3.62. The molecule has 0 unspecified atom stereocenters. The molecule has 1 heterocycles. The summed E-state index contributed by atoms with van der Waals surface area (Å²) >= 11 is 0. The van der Waals surface area contributed by atoms with Crippen LogP contribution < -0.4 is 14.2 Å². The van der Waals surface area contributed by atoms with Gasteiger partial charge in [0, 0.05) is 32.2 Å². The Morgan fingerprint density at radius 1 is 0.968 bits per heavy atom. The van der Waals surface area contributed by atoms with Crippen LogP contribution in [0.1, 0.15) is 28.8 Å². The summed E-state index contributed by atoms with van der Waals surface area (Å²) in [6, 6.07) is 9.59. The molecule has 2 aromatic carbocycles. The van der Waals surface area contributed by atoms with Crippen LogP contribution in [0, 0.1) is 0 Å². The van der Waals surface area contributed by atoms with Gasteiger partial charge in [-0.1, -0.05) is 0 Å². The van der Waals surface area contributed by atoms with Crippen molar-refractivity contribution >= 4 is 15.9 Å². The average molecular weight is 449 g/mol. The standard InChI is InChI=1S/C22H28N2O6S/c1-23(15-16-13-17(28-2)7-9-20(16)29-3)31(26,27)18-8-10-21(30-4)19(14-18)22(25)24-11-5-6-12-24/h7-10,13-14H,5-6,11-12,15H2,1-4H3. The number of hydrogen-bond acceptors (Lipinski definition) is 6. The summed E-state index contributed by atoms with van der Waals surface area (Å²) in [6.07, 6.45) is 1.88. The summed E-state index contributed by atoms with van der Waals surface area (Å²) < 4.78 is 43.7. The second-order valence-corrected chi connectivity index (χ2v) is 9.35. The number of amides is 1. The summed E-state index contributed by atoms with van der Waals surface area (Å²) in [5.74, 6) is 1.29. The molecule has 31 heavy (non-hydrogen) atoms. The quantitative estimate of drug-likeness (QED) is 0.617. The van der Waals surface area contributed by atoms with Crippen LogP contribution in [0.4, 0.5) is 0 Å². The third-order valence-corrected chi connectivity index (χ3v) is 7.18. The van der Waals surface area contributed by atoms with Crippen molar-refractivity contribution in [3.63, 3.8) is 0 Å². The minimum atomic E-state index is -3.88. The van der Waals surface area contributed by atoms with E-state index in [1.807, 2.05) is 0 Å². The van der Waals surface area contributed by atoms with Crippen molar-refractivity contribution in [3.05, 3.63) is 47.5 Å². The molecule has 9 heteroatoms. The number of carbonyl (C=O) groups is 1. The smallest absolute Gasteiger partial charge is 0.257 e. The Morgan fingerprint density at radius 2 is 1.61 bits per heavy atom. The maximum absolute atomic E-state index is 13.3. The second kappa shape index (κ2) is 9.57. The van der Waals surface area contributed by atoms with Gasteiger partial charge in [-0.2, -0.15) is 4.31 Å². The third-order valence-electron chi connectivity index (χ3n) is 5.38. The van der Waals surface area contributed by atoms with Crippen LogP contribution in [0.3, 0.4) is 0 Å². The highest BCUT2D eigenvalue weighted by molar-refractivity contribution is 7.89. The van der Waals surface area contributed by atoms with Crippen molar-refractivity contribution in [1.29, 1.82) is 0 Å². The highest BCUT2D eigenvalue weighted by Gasteiger charge is 2.27. The monoisotopic (exact) mass is 448 g/mol. The Morgan fingerprint density at radius 3 is 2.23 bits per heavy atom. The van der Waals surface area contributed by atoms with Crippen LogP contribution >= 0.6 is 0 Å². The predicted molar refractivity (Wildman–Crippen MR) is 116 cm³/mol. The number of benzene rings is 2. The molecule has 1 amide bonds. The molecule has 0 saturated carbocycles. The van der Waals surface area contributed by atoms with E-state index in [4.69, 9.17) is 14.2 Å². The number of hydrogen-bond donors (Lipinski definition) is 0. The zero-order chi connectivity index (χ0) is 22.6. The lowest BCUT2D eigenvalue weighted by Gasteiger charge is -2.21. The number of rotatable bonds is 8. The van der Waals surface area contributed by atoms with E-state index in [-0.39, 0.29) is 22.9 Å². The molecule has 2 aromatic rings. The molecule has 0 aliphatic carbocycles. The maximum atomic E-state index is 13.3. The number of methoxy groups -OCH3 is 3. The van der Waals surface area contributed by atoms with Gasteiger partial charge in [0.25, 0.3) is 5.91 Å². The Bertz CT molecular complexity index is 1050. The lowest BCUT2D eigenvalue weighted by molar-refractivity contribution is 0.0789. The van der Waals surface area contributed by atoms with Crippen molar-refractivity contribution in [3.8, 4) is 17.2 Å². The van der Waals surface area contributed by atoms with Gasteiger partial charge in [-0.25, -0.2) is 8.42 Å². The van der Waals surface area contributed by atoms with Crippen molar-refractivity contribution in [2.45, 2.75) is 24.3 Å². The summed E-state index contributed by atoms with van der Waals surface area (Å²) in [5, 5.41) is 0. The molecule has 0 radical (unpaired) electrons. The van der Waals surface area contributed by atoms with Crippen LogP contribution in [0.5, 0.6) is 17.2 Å². The molecule has 1 saturated heterocycles. The van der Waals surface area contributed by atoms with Crippen LogP contribution in [-0.4, -0.2) is 65.0 Å². The van der Waals surface area contributed by atoms with E-state index in [0.29, 0.717) is 35.9 Å². The van der Waals surface area contributed by atoms with Gasteiger partial charge in [0.1, 0.15) is 17.2 Å². The largest absolute Gasteiger partial charge is 0.497 e. The zero-order valence-electron chi connectivity index (χ0n) is 18.3. The van der Waals surface area contributed by atoms with E-state index < -0.39 is 10.0 Å². The highest BCUT2D eigenvalue weighted by atomic mass is 32.2. The average Bonchev–Trinajstić information content (AvgIpc) is 3.32. The van der Waals surface area contributed by atoms with Crippen LogP contribution in [0.2, 0.25) is 0 Å². The maximum Gasteiger partial charge on any atom is 0.257 e. The van der Waals surface area contributed by atoms with Gasteiger partial charge in [-0.3, -0.25) is 4.79 Å². The normalized spacial score (nSPS) is 14.0. The molecular weight excluding hydrogens is 420 g/mol. The SMILES string of the molecule is COc1ccc(OC)c(CN(C)S(=O)(=O)c2ccc(OC)c(C(=O)N3CCCC3)c2)c1. The molecule has 0 bridgehead atoms. The summed E-state index contributed by atoms with van der Waals surface area (Å²) in [5.41, 5.74) is 0.910. The van der Waals surface area contributed by atoms with Crippen LogP contribution in [0.25, 0.3) is 0 Å². The van der Waals surface area contributed by atoms with E-state index in [9.17, 15) is 13.2 Å². The molecule has 1 fully saturated rings. The van der Waals surface area contributed by atoms with Crippen molar-refractivity contribution < 1.29 is 27.4 Å². The Labute approximate surface area is 183 Å². The van der Waals surface area contributed by atoms with Gasteiger partial charge in [-0.15, -0.1) is 0 Å². The van der Waals surface area contributed by atoms with Crippen molar-refractivity contribution in [1.82, 2.24) is 9.21 Å². The van der Waals surface area contributed by atoms with Crippen molar-refractivity contribution in [2.24, 2.45) is 0 Å². The molecule has 1 aliphatic heterocycles. The molecule has 3 rings (SSSR count). The lowest BCUT2D eigenvalue weighted by atomic mass is 10.1. The first kappa shape index (κ1) is 22.9. The number of ether oxygens (including phenoxy) is 3. The molecule has 0 N–H and O–H groups in total. The van der Waals surface area contributed by atoms with Gasteiger partial charge in [0.05, 0.1) is 31.8 Å². The minimum absolute atomic E-state index is 0.0280. The Hall–Kier alpha value is -2.78. The second-order valence-electron chi connectivity index (χ2n) is 7.30. The van der Waals surface area contributed by atoms with Gasteiger partial charge in [0.2, 0.25) is 10.0 Å². The molecule has 168 valence electrons. The first-order valence-electron chi connectivity index (χ1n) is 9.96. The summed E-state index contributed by atoms with van der Waals surface area (Å²) in [7, 11) is 2.15. The number of carbonyl (C=O) groups excluding carboxylic acids is 1. The topological polar surface area (TPSA) is 85.4 Å². The summed E-state index contributed by atoms with van der Waals surface area (Å²) in [4.78, 5) is 14.7. The molecular formula is C22H28N2O6S. The third kappa shape index (κ3) is 4.77. The van der Waals surface area contributed by atoms with Crippen LogP contribution in [0.15, 0.2) is 41.3 Å². The molecule has 0 atom stereocenters. The number of likely N-dealkylation sites (tertiary alicyclic amines) is 1. The van der Waals surface area contributed by atoms with Gasteiger partial charge < -0.3 is 19.1 Å². The zero-order valence-corrected chi connectivity index (χ0v) is 19.1. The fraction of sp³-hybridized carbons (Fsp3) is 0.409. The van der Waals surface area contributed by atoms with E-state index in [0.717, 1.165) is 12.8 Å². The fourth-order valence-corrected chi connectivity index (χ4v) is 4.79. The van der Waals surface area contributed by atoms with Gasteiger partial charge >= 0.3 is 0 Å². The predicted octanol–water partition coefficient (Wildman–Crippen LogP) is 2.77. The van der Waals surface area contributed by atoms with E-state index in [1.165, 1.54) is 43.8 Å². The number of sulfonamides is 1. The number of nitrogens with zero attached hydrogens (tertiary/aromatic N) is 2. The van der Waals surface area contributed by atoms with E-state index >= 15 is 0 Å². The molecule has 1 aliphatic rings. The molecule has 8 nitrogen and oxygen atoms in total. The summed E-state index contributed by atoms with van der Waals surface area (Å²) in [6.45, 7) is 1.40. The minimum Gasteiger partial charge on any atom is -0.497 e. The van der Waals surface area contributed by atoms with E-state index in [2.05, 4.69) is 0 Å². The van der Waals surface area contributed by atoms with Gasteiger partial charge in [-0.05, 0) is 49.2 Å². The first-order chi connectivity index (χ1) is 14.8. The molecule has 0 aromatic heterocycles. The molecule has 0 spiro atoms. The van der Waals surface area contributed by atoms with Gasteiger partial charge in [0.15, 0.2) is 0 Å². The van der Waals surface area contributed by atoms with Crippen molar-refractivity contribution in [2.75, 3.05) is 41.5 Å². The van der Waals surface area contributed by atoms with E-state index in [1.54, 1.807) is 30.2 Å². The Kier molecular flexibility index (Phi) is 7.07. The first-order valence-corrected chi connectivity index (χ1v) is 11.4. The highest BCUT2D eigenvalue weighted by Crippen LogP contribution is 2.29. The Balaban J connectivity index is 1.92. The lowest BCUT2D eigenvalue weighted by Crippen LogP contribution is -2.29.